The van der Waals surface area contributed by atoms with Crippen LogP contribution in [0.25, 0.3) is 27.3 Å². The van der Waals surface area contributed by atoms with Gasteiger partial charge in [-0.15, -0.1) is 0 Å². The molecule has 0 amide bonds. The van der Waals surface area contributed by atoms with E-state index in [9.17, 15) is 0 Å². The molecule has 1 aliphatic heterocycles. The van der Waals surface area contributed by atoms with Gasteiger partial charge in [0.1, 0.15) is 5.65 Å². The molecule has 2 aromatic heterocycles. The van der Waals surface area contributed by atoms with Crippen molar-refractivity contribution in [3.8, 4) is 0 Å². The molecule has 5 rings (SSSR count). The fourth-order valence-corrected chi connectivity index (χ4v) is 4.03. The van der Waals surface area contributed by atoms with Gasteiger partial charge in [-0.05, 0) is 31.7 Å². The number of rotatable bonds is 0. The van der Waals surface area contributed by atoms with Crippen molar-refractivity contribution >= 4 is 27.3 Å². The molecular weight excluding hydrogens is 306 g/mol. The van der Waals surface area contributed by atoms with Gasteiger partial charge in [-0.3, -0.25) is 4.40 Å². The lowest BCUT2D eigenvalue weighted by Crippen LogP contribution is -2.42. The Morgan fingerprint density at radius 2 is 1.79 bits per heavy atom. The Morgan fingerprint density at radius 3 is 2.54 bits per heavy atom. The van der Waals surface area contributed by atoms with E-state index in [2.05, 4.69) is 4.98 Å². The molecular formula is C20H16F2N2. The highest BCUT2D eigenvalue weighted by molar-refractivity contribution is 6.14. The molecule has 4 aromatic rings. The molecule has 0 saturated heterocycles. The van der Waals surface area contributed by atoms with Gasteiger partial charge in [0.2, 0.25) is 0 Å². The zero-order valence-electron chi connectivity index (χ0n) is 14.6. The first-order valence-corrected chi connectivity index (χ1v) is 7.98. The predicted octanol–water partition coefficient (Wildman–Crippen LogP) is 5.33. The Labute approximate surface area is 139 Å². The van der Waals surface area contributed by atoms with Crippen LogP contribution in [-0.4, -0.2) is 9.38 Å². The highest BCUT2D eigenvalue weighted by atomic mass is 19.3. The lowest BCUT2D eigenvalue weighted by Gasteiger charge is -2.38. The zero-order valence-corrected chi connectivity index (χ0v) is 13.6. The van der Waals surface area contributed by atoms with E-state index >= 15 is 8.78 Å². The van der Waals surface area contributed by atoms with Crippen molar-refractivity contribution in [1.29, 1.82) is 0 Å². The van der Waals surface area contributed by atoms with E-state index in [1.165, 1.54) is 19.9 Å². The van der Waals surface area contributed by atoms with Crippen LogP contribution >= 0.6 is 0 Å². The van der Waals surface area contributed by atoms with Crippen LogP contribution in [0.3, 0.4) is 0 Å². The Bertz CT molecular complexity index is 1220. The summed E-state index contributed by atoms with van der Waals surface area (Å²) in [6.07, 6.45) is -0.0746. The third-order valence-corrected chi connectivity index (χ3v) is 5.47. The molecule has 4 heteroatoms. The van der Waals surface area contributed by atoms with Gasteiger partial charge < -0.3 is 0 Å². The van der Waals surface area contributed by atoms with E-state index in [0.29, 0.717) is 11.2 Å². The number of imidazole rings is 1. The van der Waals surface area contributed by atoms with Gasteiger partial charge >= 0.3 is 0 Å². The normalized spacial score (nSPS) is 18.6. The number of benzene rings is 2. The summed E-state index contributed by atoms with van der Waals surface area (Å²) in [5.74, 6) is -3.08. The van der Waals surface area contributed by atoms with Gasteiger partial charge in [-0.2, -0.15) is 0 Å². The smallest absolute Gasteiger partial charge is 0.285 e. The third kappa shape index (κ3) is 1.31. The number of halogens is 2. The van der Waals surface area contributed by atoms with Crippen LogP contribution in [0.1, 0.15) is 32.0 Å². The lowest BCUT2D eigenvalue weighted by atomic mass is 9.75. The number of nitrogens with zero attached hydrogens (tertiary/aromatic N) is 2. The molecule has 0 fully saturated rings. The fraction of sp³-hybridized carbons (Fsp3) is 0.250. The van der Waals surface area contributed by atoms with Crippen LogP contribution in [0.5, 0.6) is 0 Å². The van der Waals surface area contributed by atoms with E-state index in [-0.39, 0.29) is 17.4 Å². The molecule has 3 heterocycles. The molecule has 0 N–H and O–H groups in total. The minimum absolute atomic E-state index is 0.0127. The van der Waals surface area contributed by atoms with Gasteiger partial charge in [0.05, 0.1) is 24.2 Å². The van der Waals surface area contributed by atoms with Gasteiger partial charge in [0.25, 0.3) is 5.92 Å². The van der Waals surface area contributed by atoms with Gasteiger partial charge in [0.15, 0.2) is 0 Å². The summed E-state index contributed by atoms with van der Waals surface area (Å²) in [6.45, 7) is 4.93. The first-order valence-electron chi connectivity index (χ1n) is 8.48. The van der Waals surface area contributed by atoms with Crippen molar-refractivity contribution in [2.45, 2.75) is 32.1 Å². The topological polar surface area (TPSA) is 17.3 Å². The number of aryl methyl sites for hydroxylation is 1. The number of hydrogen-bond donors (Lipinski definition) is 0. The van der Waals surface area contributed by atoms with E-state index in [1.54, 1.807) is 10.5 Å². The Hall–Kier alpha value is -2.49. The summed E-state index contributed by atoms with van der Waals surface area (Å²) in [7, 11) is 0. The van der Waals surface area contributed by atoms with E-state index in [0.717, 1.165) is 21.7 Å². The summed E-state index contributed by atoms with van der Waals surface area (Å²) in [4.78, 5) is 4.38. The van der Waals surface area contributed by atoms with Crippen LogP contribution < -0.4 is 0 Å². The molecule has 0 bridgehead atoms. The first kappa shape index (κ1) is 12.9. The average Bonchev–Trinajstić information content (AvgIpc) is 2.91. The fourth-order valence-electron chi connectivity index (χ4n) is 4.03. The highest BCUT2D eigenvalue weighted by Crippen LogP contribution is 2.53. The quantitative estimate of drug-likeness (QED) is 0.400. The van der Waals surface area contributed by atoms with Gasteiger partial charge in [-0.25, -0.2) is 13.8 Å². The molecule has 0 saturated carbocycles. The van der Waals surface area contributed by atoms with Crippen molar-refractivity contribution < 1.29 is 10.2 Å². The Morgan fingerprint density at radius 1 is 1.08 bits per heavy atom. The second-order valence-electron chi connectivity index (χ2n) is 7.13. The number of hydrogen-bond acceptors (Lipinski definition) is 1. The van der Waals surface area contributed by atoms with Crippen LogP contribution in [0.15, 0.2) is 42.6 Å². The van der Waals surface area contributed by atoms with Crippen molar-refractivity contribution in [3.05, 3.63) is 59.4 Å². The maximum atomic E-state index is 15.4. The molecule has 2 aromatic carbocycles. The van der Waals surface area contributed by atoms with Crippen LogP contribution in [-0.2, 0) is 11.3 Å². The van der Waals surface area contributed by atoms with E-state index in [4.69, 9.17) is 1.37 Å². The second-order valence-corrected chi connectivity index (χ2v) is 7.13. The molecule has 1 aliphatic rings. The summed E-state index contributed by atoms with van der Waals surface area (Å²) in [5, 5.41) is 2.60. The number of alkyl halides is 2. The summed E-state index contributed by atoms with van der Waals surface area (Å²) in [5.41, 5.74) is 0.789. The zero-order chi connectivity index (χ0) is 17.7. The first-order chi connectivity index (χ1) is 11.8. The standard InChI is InChI=1S/C20H16F2N2/c1-11-8-9-14-17-16(11)12-6-4-5-7-13(12)18-23-10-15(24(17)18)19(2,3)20(14,21)22/h4-10H,1-3H3/i10D. The summed E-state index contributed by atoms with van der Waals surface area (Å²) < 4.78 is 41.0. The predicted molar refractivity (Wildman–Crippen MR) is 91.9 cm³/mol. The largest absolute Gasteiger partial charge is 0.295 e. The van der Waals surface area contributed by atoms with Crippen LogP contribution in [0.2, 0.25) is 0 Å². The van der Waals surface area contributed by atoms with E-state index in [1.807, 2.05) is 31.2 Å². The van der Waals surface area contributed by atoms with Crippen molar-refractivity contribution in [1.82, 2.24) is 9.38 Å². The Kier molecular flexibility index (Phi) is 2.11. The van der Waals surface area contributed by atoms with Crippen molar-refractivity contribution in [2.24, 2.45) is 0 Å². The van der Waals surface area contributed by atoms with Crippen LogP contribution in [0.4, 0.5) is 8.78 Å². The van der Waals surface area contributed by atoms with Crippen molar-refractivity contribution in [2.75, 3.05) is 0 Å². The van der Waals surface area contributed by atoms with Crippen molar-refractivity contribution in [3.63, 3.8) is 0 Å². The van der Waals surface area contributed by atoms with Gasteiger partial charge in [0, 0.05) is 16.3 Å². The minimum atomic E-state index is -3.08. The number of fused-ring (bicyclic) bond motifs is 3. The summed E-state index contributed by atoms with van der Waals surface area (Å²) >= 11 is 0. The molecule has 24 heavy (non-hydrogen) atoms. The maximum Gasteiger partial charge on any atom is 0.285 e. The highest BCUT2D eigenvalue weighted by Gasteiger charge is 2.54. The number of aromatic nitrogens is 2. The molecule has 2 nitrogen and oxygen atoms in total. The van der Waals surface area contributed by atoms with Crippen LogP contribution in [0, 0.1) is 6.92 Å². The second kappa shape index (κ2) is 3.94. The minimum Gasteiger partial charge on any atom is -0.295 e. The van der Waals surface area contributed by atoms with E-state index < -0.39 is 11.3 Å². The SMILES string of the molecule is [2H]c1nc2c3ccccc3c3c(C)ccc4c3n2c1C(C)(C)C4(F)F. The summed E-state index contributed by atoms with van der Waals surface area (Å²) in [6, 6.07) is 11.0. The molecule has 120 valence electrons. The lowest BCUT2D eigenvalue weighted by molar-refractivity contribution is -0.0759. The Balaban J connectivity index is 2.26. The molecule has 0 aliphatic carbocycles. The third-order valence-electron chi connectivity index (χ3n) is 5.47. The average molecular weight is 323 g/mol. The molecule has 0 atom stereocenters. The van der Waals surface area contributed by atoms with Gasteiger partial charge in [-0.1, -0.05) is 36.4 Å². The molecule has 0 radical (unpaired) electrons. The molecule has 0 unspecified atom stereocenters. The monoisotopic (exact) mass is 323 g/mol. The number of pyridine rings is 1. The molecule has 0 spiro atoms. The maximum absolute atomic E-state index is 15.4.